The molecule has 0 unspecified atom stereocenters. The van der Waals surface area contributed by atoms with Gasteiger partial charge in [-0.05, 0) is 43.2 Å². The second-order valence-corrected chi connectivity index (χ2v) is 10.0. The molecule has 0 bridgehead atoms. The molecule has 0 aliphatic heterocycles. The highest BCUT2D eigenvalue weighted by Gasteiger charge is 2.28. The van der Waals surface area contributed by atoms with E-state index in [1.54, 1.807) is 31.4 Å². The van der Waals surface area contributed by atoms with E-state index in [4.69, 9.17) is 75.9 Å². The minimum atomic E-state index is -0.203. The fourth-order valence-electron chi connectivity index (χ4n) is 3.63. The van der Waals surface area contributed by atoms with Crippen molar-refractivity contribution < 1.29 is 23.7 Å². The number of carbonyl (C=O) groups is 1. The second-order valence-electron chi connectivity index (χ2n) is 7.65. The number of hydrogen-bond donors (Lipinski definition) is 0. The smallest absolute Gasteiger partial charge is 0.204 e. The maximum Gasteiger partial charge on any atom is 0.204 e. The van der Waals surface area contributed by atoms with Crippen molar-refractivity contribution in [3.63, 3.8) is 0 Å². The van der Waals surface area contributed by atoms with Crippen LogP contribution in [0.25, 0.3) is 0 Å². The van der Waals surface area contributed by atoms with Crippen molar-refractivity contribution in [2.45, 2.75) is 13.8 Å². The Morgan fingerprint density at radius 3 is 1.69 bits per heavy atom. The molecule has 0 radical (unpaired) electrons. The van der Waals surface area contributed by atoms with Gasteiger partial charge < -0.3 is 18.9 Å². The molecule has 0 aromatic heterocycles. The molecule has 0 heterocycles. The Morgan fingerprint density at radius 2 is 1.26 bits per heavy atom. The lowest BCUT2D eigenvalue weighted by molar-refractivity contribution is 0.103. The Kier molecular flexibility index (Phi) is 11.6. The van der Waals surface area contributed by atoms with Crippen LogP contribution in [0.2, 0.25) is 20.1 Å². The first-order chi connectivity index (χ1) is 18.4. The highest BCUT2D eigenvalue weighted by Crippen LogP contribution is 2.44. The molecule has 12 heteroatoms. The number of rotatable bonds is 6. The zero-order chi connectivity index (χ0) is 29.6. The number of ether oxygens (including phenoxy) is 4. The Balaban J connectivity index is 0.000000322. The summed E-state index contributed by atoms with van der Waals surface area (Å²) in [6.07, 6.45) is 0. The quantitative estimate of drug-likeness (QED) is 0.147. The van der Waals surface area contributed by atoms with E-state index in [0.29, 0.717) is 34.1 Å². The molecular weight excluding hydrogens is 654 g/mol. The molecule has 3 aromatic rings. The summed E-state index contributed by atoms with van der Waals surface area (Å²) in [4.78, 5) is 13.4. The van der Waals surface area contributed by atoms with Crippen LogP contribution in [0.5, 0.6) is 23.0 Å². The predicted molar refractivity (Wildman–Crippen MR) is 156 cm³/mol. The van der Waals surface area contributed by atoms with Crippen LogP contribution in [0.4, 0.5) is 0 Å². The average molecular weight is 675 g/mol. The van der Waals surface area contributed by atoms with Crippen molar-refractivity contribution in [2.75, 3.05) is 28.4 Å². The van der Waals surface area contributed by atoms with Crippen molar-refractivity contribution in [3.8, 4) is 35.1 Å². The molecule has 0 saturated heterocycles. The van der Waals surface area contributed by atoms with Gasteiger partial charge in [-0.3, -0.25) is 4.79 Å². The van der Waals surface area contributed by atoms with Gasteiger partial charge in [-0.2, -0.15) is 10.5 Å². The molecule has 0 spiro atoms. The molecule has 0 fully saturated rings. The summed E-state index contributed by atoms with van der Waals surface area (Å²) in [7, 11) is 6.09. The van der Waals surface area contributed by atoms with Gasteiger partial charge in [0.2, 0.25) is 11.5 Å². The Hall–Kier alpha value is -2.85. The molecule has 39 heavy (non-hydrogen) atoms. The van der Waals surface area contributed by atoms with Crippen LogP contribution in [0.1, 0.15) is 38.2 Å². The Morgan fingerprint density at radius 1 is 0.744 bits per heavy atom. The standard InChI is InChI=1S/C19H21BrO5.C8Cl4N2/c1-10-9-14(23-4)18(24-5)19(25-6)15(10)17(21)16-11(2)12(20)7-8-13(16)22-3;9-5-3(1-13)6(10)8(12)7(11)4(5)2-14/h7-9H,1-6H3;. The maximum atomic E-state index is 13.4. The van der Waals surface area contributed by atoms with Crippen LogP contribution in [-0.2, 0) is 0 Å². The maximum absolute atomic E-state index is 13.4. The summed E-state index contributed by atoms with van der Waals surface area (Å²) in [6, 6.07) is 8.86. The second kappa shape index (κ2) is 14.0. The largest absolute Gasteiger partial charge is 0.496 e. The number of nitrogens with zero attached hydrogens (tertiary/aromatic N) is 2. The summed E-state index contributed by atoms with van der Waals surface area (Å²) in [5.74, 6) is 1.52. The minimum absolute atomic E-state index is 0.0363. The third-order valence-corrected chi connectivity index (χ3v) is 8.11. The molecule has 3 aromatic carbocycles. The summed E-state index contributed by atoms with van der Waals surface area (Å²) in [5, 5.41) is 17.2. The number of halogens is 5. The summed E-state index contributed by atoms with van der Waals surface area (Å²) in [6.45, 7) is 3.69. The van der Waals surface area contributed by atoms with Crippen molar-refractivity contribution in [1.29, 1.82) is 10.5 Å². The third kappa shape index (κ3) is 6.32. The molecule has 7 nitrogen and oxygen atoms in total. The number of ketones is 1. The third-order valence-electron chi connectivity index (χ3n) is 5.55. The molecular formula is C27H21BrCl4N2O5. The van der Waals surface area contributed by atoms with Crippen molar-refractivity contribution in [2.24, 2.45) is 0 Å². The minimum Gasteiger partial charge on any atom is -0.496 e. The lowest BCUT2D eigenvalue weighted by Crippen LogP contribution is -2.11. The lowest BCUT2D eigenvalue weighted by Gasteiger charge is -2.19. The fourth-order valence-corrected chi connectivity index (χ4v) is 5.03. The zero-order valence-electron chi connectivity index (χ0n) is 21.6. The van der Waals surface area contributed by atoms with E-state index in [1.165, 1.54) is 21.3 Å². The van der Waals surface area contributed by atoms with Gasteiger partial charge in [-0.15, -0.1) is 0 Å². The summed E-state index contributed by atoms with van der Waals surface area (Å²) >= 11 is 26.3. The van der Waals surface area contributed by atoms with Crippen LogP contribution in [0.3, 0.4) is 0 Å². The van der Waals surface area contributed by atoms with Crippen molar-refractivity contribution in [1.82, 2.24) is 0 Å². The van der Waals surface area contributed by atoms with Gasteiger partial charge in [0, 0.05) is 4.47 Å². The number of carbonyl (C=O) groups excluding carboxylic acids is 1. The van der Waals surface area contributed by atoms with E-state index in [0.717, 1.165) is 15.6 Å². The zero-order valence-corrected chi connectivity index (χ0v) is 26.2. The summed E-state index contributed by atoms with van der Waals surface area (Å²) < 4.78 is 22.5. The number of benzene rings is 3. The van der Waals surface area contributed by atoms with E-state index < -0.39 is 0 Å². The topological polar surface area (TPSA) is 102 Å². The molecule has 0 atom stereocenters. The number of methoxy groups -OCH3 is 4. The van der Waals surface area contributed by atoms with Gasteiger partial charge in [-0.1, -0.05) is 62.3 Å². The van der Waals surface area contributed by atoms with Crippen LogP contribution >= 0.6 is 62.3 Å². The van der Waals surface area contributed by atoms with E-state index in [2.05, 4.69) is 15.9 Å². The van der Waals surface area contributed by atoms with E-state index in [9.17, 15) is 4.79 Å². The van der Waals surface area contributed by atoms with Crippen molar-refractivity contribution in [3.05, 3.63) is 76.1 Å². The monoisotopic (exact) mass is 672 g/mol. The first-order valence-corrected chi connectivity index (χ1v) is 13.1. The summed E-state index contributed by atoms with van der Waals surface area (Å²) in [5.41, 5.74) is 2.32. The van der Waals surface area contributed by atoms with Crippen LogP contribution in [0.15, 0.2) is 22.7 Å². The molecule has 0 amide bonds. The number of aryl methyl sites for hydroxylation is 1. The predicted octanol–water partition coefficient (Wildman–Crippen LogP) is 8.37. The lowest BCUT2D eigenvalue weighted by atomic mass is 9.93. The highest BCUT2D eigenvalue weighted by molar-refractivity contribution is 9.10. The first-order valence-electron chi connectivity index (χ1n) is 10.8. The number of nitriles is 2. The highest BCUT2D eigenvalue weighted by atomic mass is 79.9. The van der Waals surface area contributed by atoms with Crippen LogP contribution in [0, 0.1) is 36.5 Å². The molecule has 3 rings (SSSR count). The molecule has 0 aliphatic carbocycles. The van der Waals surface area contributed by atoms with Gasteiger partial charge in [0.1, 0.15) is 17.9 Å². The van der Waals surface area contributed by atoms with E-state index in [-0.39, 0.29) is 37.0 Å². The SMILES string of the molecule is COc1cc(C)c(C(=O)c2c(OC)ccc(Br)c2C)c(OC)c1OC.N#Cc1c(Cl)c(Cl)c(Cl)c(C#N)c1Cl. The van der Waals surface area contributed by atoms with Gasteiger partial charge in [0.15, 0.2) is 11.5 Å². The first kappa shape index (κ1) is 32.4. The molecule has 0 N–H and O–H groups in total. The van der Waals surface area contributed by atoms with E-state index >= 15 is 0 Å². The molecule has 204 valence electrons. The van der Waals surface area contributed by atoms with Gasteiger partial charge >= 0.3 is 0 Å². The van der Waals surface area contributed by atoms with Gasteiger partial charge in [0.25, 0.3) is 0 Å². The van der Waals surface area contributed by atoms with E-state index in [1.807, 2.05) is 19.9 Å². The van der Waals surface area contributed by atoms with Crippen molar-refractivity contribution >= 4 is 68.1 Å². The number of hydrogen-bond acceptors (Lipinski definition) is 7. The average Bonchev–Trinajstić information content (AvgIpc) is 2.93. The van der Waals surface area contributed by atoms with Gasteiger partial charge in [-0.25, -0.2) is 0 Å². The normalized spacial score (nSPS) is 9.97. The Bertz CT molecular complexity index is 1490. The van der Waals surface area contributed by atoms with Crippen LogP contribution in [-0.4, -0.2) is 34.2 Å². The molecule has 0 saturated carbocycles. The molecule has 0 aliphatic rings. The van der Waals surface area contributed by atoms with Crippen LogP contribution < -0.4 is 18.9 Å². The fraction of sp³-hybridized carbons (Fsp3) is 0.222. The van der Waals surface area contributed by atoms with Gasteiger partial charge in [0.05, 0.1) is 70.8 Å². The Labute approximate surface area is 254 Å².